The van der Waals surface area contributed by atoms with Crippen molar-refractivity contribution in [3.05, 3.63) is 72.6 Å². The molecular weight excluding hydrogens is 344 g/mol. The van der Waals surface area contributed by atoms with E-state index in [9.17, 15) is 0 Å². The van der Waals surface area contributed by atoms with Gasteiger partial charge in [-0.15, -0.1) is 0 Å². The summed E-state index contributed by atoms with van der Waals surface area (Å²) in [4.78, 5) is 9.11. The molecule has 3 nitrogen and oxygen atoms in total. The fourth-order valence-corrected chi connectivity index (χ4v) is 3.95. The summed E-state index contributed by atoms with van der Waals surface area (Å²) >= 11 is 0. The van der Waals surface area contributed by atoms with Gasteiger partial charge in [0.1, 0.15) is 11.2 Å². The Labute approximate surface area is 164 Å². The minimum atomic E-state index is 0.232. The van der Waals surface area contributed by atoms with Crippen LogP contribution in [-0.4, -0.2) is 9.97 Å². The molecule has 0 saturated heterocycles. The molecule has 0 N–H and O–H groups in total. The Bertz CT molecular complexity index is 1330. The smallest absolute Gasteiger partial charge is 0.144 e. The minimum absolute atomic E-state index is 0.232. The topological polar surface area (TPSA) is 38.9 Å². The van der Waals surface area contributed by atoms with Gasteiger partial charge in [-0.1, -0.05) is 32.9 Å². The molecule has 5 aromatic rings. The fourth-order valence-electron chi connectivity index (χ4n) is 3.95. The van der Waals surface area contributed by atoms with Crippen molar-refractivity contribution in [2.45, 2.75) is 27.2 Å². The zero-order chi connectivity index (χ0) is 19.3. The molecule has 3 aromatic heterocycles. The Balaban J connectivity index is 1.75. The van der Waals surface area contributed by atoms with Crippen molar-refractivity contribution in [3.8, 4) is 11.3 Å². The Morgan fingerprint density at radius 3 is 2.46 bits per heavy atom. The van der Waals surface area contributed by atoms with Gasteiger partial charge in [0.2, 0.25) is 0 Å². The van der Waals surface area contributed by atoms with Crippen LogP contribution in [0.15, 0.2) is 71.4 Å². The molecule has 0 aliphatic carbocycles. The van der Waals surface area contributed by atoms with Crippen molar-refractivity contribution in [1.82, 2.24) is 9.97 Å². The van der Waals surface area contributed by atoms with Gasteiger partial charge in [-0.05, 0) is 59.9 Å². The molecule has 0 fully saturated rings. The van der Waals surface area contributed by atoms with Gasteiger partial charge in [0.05, 0.1) is 11.2 Å². The van der Waals surface area contributed by atoms with Gasteiger partial charge in [-0.25, -0.2) is 0 Å². The number of para-hydroxylation sites is 1. The normalized spacial score (nSPS) is 12.2. The number of furan rings is 1. The predicted molar refractivity (Wildman–Crippen MR) is 115 cm³/mol. The molecule has 0 aliphatic heterocycles. The molecule has 0 atom stereocenters. The zero-order valence-corrected chi connectivity index (χ0v) is 16.4. The third kappa shape index (κ3) is 2.84. The van der Waals surface area contributed by atoms with Crippen molar-refractivity contribution in [2.24, 2.45) is 5.41 Å². The number of benzene rings is 2. The number of aromatic nitrogens is 2. The van der Waals surface area contributed by atoms with Crippen molar-refractivity contribution in [3.63, 3.8) is 0 Å². The van der Waals surface area contributed by atoms with E-state index in [1.165, 1.54) is 5.56 Å². The van der Waals surface area contributed by atoms with Crippen LogP contribution < -0.4 is 0 Å². The lowest BCUT2D eigenvalue weighted by Gasteiger charge is -2.18. The standard InChI is InChI=1S/C25H22N2O/c1-25(2,3)15-16-11-13-27-22(14-16)20-7-4-6-17-18-9-10-21-19(8-5-12-26-21)24(18)28-23(17)20/h4-14H,15H2,1-3H3. The van der Waals surface area contributed by atoms with Crippen molar-refractivity contribution in [1.29, 1.82) is 0 Å². The summed E-state index contributed by atoms with van der Waals surface area (Å²) in [7, 11) is 0. The van der Waals surface area contributed by atoms with E-state index in [2.05, 4.69) is 79.3 Å². The van der Waals surface area contributed by atoms with E-state index < -0.39 is 0 Å². The second-order valence-electron chi connectivity index (χ2n) is 8.58. The van der Waals surface area contributed by atoms with Crippen LogP contribution in [0, 0.1) is 5.41 Å². The Kier molecular flexibility index (Phi) is 3.73. The van der Waals surface area contributed by atoms with Crippen LogP contribution in [0.4, 0.5) is 0 Å². The number of hydrogen-bond donors (Lipinski definition) is 0. The molecule has 3 heterocycles. The van der Waals surface area contributed by atoms with E-state index in [0.717, 1.165) is 50.5 Å². The summed E-state index contributed by atoms with van der Waals surface area (Å²) in [5, 5.41) is 3.26. The monoisotopic (exact) mass is 366 g/mol. The summed E-state index contributed by atoms with van der Waals surface area (Å²) in [5.41, 5.74) is 6.22. The van der Waals surface area contributed by atoms with Gasteiger partial charge in [-0.2, -0.15) is 0 Å². The number of hydrogen-bond acceptors (Lipinski definition) is 3. The zero-order valence-electron chi connectivity index (χ0n) is 16.4. The highest BCUT2D eigenvalue weighted by atomic mass is 16.3. The molecule has 0 aliphatic rings. The van der Waals surface area contributed by atoms with Crippen LogP contribution >= 0.6 is 0 Å². The second-order valence-corrected chi connectivity index (χ2v) is 8.58. The Morgan fingerprint density at radius 2 is 1.61 bits per heavy atom. The summed E-state index contributed by atoms with van der Waals surface area (Å²) in [6.45, 7) is 6.77. The molecule has 0 spiro atoms. The van der Waals surface area contributed by atoms with Crippen molar-refractivity contribution in [2.75, 3.05) is 0 Å². The first-order chi connectivity index (χ1) is 13.5. The number of rotatable bonds is 2. The maximum absolute atomic E-state index is 6.41. The van der Waals surface area contributed by atoms with Gasteiger partial charge in [0, 0.05) is 34.1 Å². The Hall–Kier alpha value is -3.20. The van der Waals surface area contributed by atoms with Crippen molar-refractivity contribution >= 4 is 32.8 Å². The number of nitrogens with zero attached hydrogens (tertiary/aromatic N) is 2. The quantitative estimate of drug-likeness (QED) is 0.345. The number of fused-ring (bicyclic) bond motifs is 5. The number of pyridine rings is 2. The van der Waals surface area contributed by atoms with Crippen LogP contribution in [0.5, 0.6) is 0 Å². The first-order valence-electron chi connectivity index (χ1n) is 9.64. The minimum Gasteiger partial charge on any atom is -0.455 e. The lowest BCUT2D eigenvalue weighted by Crippen LogP contribution is -2.09. The van der Waals surface area contributed by atoms with E-state index in [4.69, 9.17) is 4.42 Å². The van der Waals surface area contributed by atoms with Crippen molar-refractivity contribution < 1.29 is 4.42 Å². The summed E-state index contributed by atoms with van der Waals surface area (Å²) in [5.74, 6) is 0. The van der Waals surface area contributed by atoms with Gasteiger partial charge in [0.25, 0.3) is 0 Å². The van der Waals surface area contributed by atoms with Crippen LogP contribution in [0.3, 0.4) is 0 Å². The van der Waals surface area contributed by atoms with Gasteiger partial charge in [0.15, 0.2) is 0 Å². The third-order valence-corrected chi connectivity index (χ3v) is 5.08. The SMILES string of the molecule is CC(C)(C)Cc1ccnc(-c2cccc3c2oc2c4cccnc4ccc32)c1. The predicted octanol–water partition coefficient (Wildman–Crippen LogP) is 6.78. The van der Waals surface area contributed by atoms with E-state index in [-0.39, 0.29) is 5.41 Å². The summed E-state index contributed by atoms with van der Waals surface area (Å²) in [6, 6.07) is 18.8. The lowest BCUT2D eigenvalue weighted by molar-refractivity contribution is 0.411. The van der Waals surface area contributed by atoms with Gasteiger partial charge < -0.3 is 4.42 Å². The van der Waals surface area contributed by atoms with E-state index in [1.807, 2.05) is 18.5 Å². The lowest BCUT2D eigenvalue weighted by atomic mass is 9.88. The largest absolute Gasteiger partial charge is 0.455 e. The highest BCUT2D eigenvalue weighted by molar-refractivity contribution is 6.16. The molecule has 0 saturated carbocycles. The highest BCUT2D eigenvalue weighted by Gasteiger charge is 2.16. The summed E-state index contributed by atoms with van der Waals surface area (Å²) < 4.78 is 6.41. The maximum Gasteiger partial charge on any atom is 0.144 e. The first-order valence-corrected chi connectivity index (χ1v) is 9.64. The molecular formula is C25H22N2O. The molecule has 0 bridgehead atoms. The average Bonchev–Trinajstić information content (AvgIpc) is 3.06. The molecule has 0 radical (unpaired) electrons. The fraction of sp³-hybridized carbons (Fsp3) is 0.200. The highest BCUT2D eigenvalue weighted by Crippen LogP contribution is 2.38. The van der Waals surface area contributed by atoms with E-state index >= 15 is 0 Å². The van der Waals surface area contributed by atoms with Crippen LogP contribution in [0.25, 0.3) is 44.1 Å². The van der Waals surface area contributed by atoms with Gasteiger partial charge >= 0.3 is 0 Å². The van der Waals surface area contributed by atoms with Crippen LogP contribution in [0.1, 0.15) is 26.3 Å². The Morgan fingerprint density at radius 1 is 0.786 bits per heavy atom. The third-order valence-electron chi connectivity index (χ3n) is 5.08. The molecule has 0 unspecified atom stereocenters. The molecule has 2 aromatic carbocycles. The van der Waals surface area contributed by atoms with E-state index in [0.29, 0.717) is 0 Å². The molecule has 5 rings (SSSR count). The second kappa shape index (κ2) is 6.16. The van der Waals surface area contributed by atoms with E-state index in [1.54, 1.807) is 0 Å². The molecule has 0 amide bonds. The average molecular weight is 366 g/mol. The molecule has 28 heavy (non-hydrogen) atoms. The summed E-state index contributed by atoms with van der Waals surface area (Å²) in [6.07, 6.45) is 4.72. The van der Waals surface area contributed by atoms with Crippen LogP contribution in [0.2, 0.25) is 0 Å². The maximum atomic E-state index is 6.41. The first kappa shape index (κ1) is 16.9. The van der Waals surface area contributed by atoms with Crippen LogP contribution in [-0.2, 0) is 6.42 Å². The van der Waals surface area contributed by atoms with Gasteiger partial charge in [-0.3, -0.25) is 9.97 Å². The molecule has 138 valence electrons. The molecule has 3 heteroatoms.